The van der Waals surface area contributed by atoms with E-state index in [0.29, 0.717) is 23.2 Å². The minimum Gasteiger partial charge on any atom is -0.457 e. The zero-order chi connectivity index (χ0) is 18.9. The molecule has 2 aromatic carbocycles. The summed E-state index contributed by atoms with van der Waals surface area (Å²) < 4.78 is 18.0. The van der Waals surface area contributed by atoms with E-state index in [4.69, 9.17) is 4.74 Å². The largest absolute Gasteiger partial charge is 0.457 e. The summed E-state index contributed by atoms with van der Waals surface area (Å²) >= 11 is 0. The van der Waals surface area contributed by atoms with Crippen LogP contribution >= 0.6 is 0 Å². The Balaban J connectivity index is 1.83. The van der Waals surface area contributed by atoms with E-state index < -0.39 is 18.4 Å². The third-order valence-electron chi connectivity index (χ3n) is 3.57. The van der Waals surface area contributed by atoms with Crippen LogP contribution in [0.3, 0.4) is 0 Å². The van der Waals surface area contributed by atoms with Crippen LogP contribution in [0.25, 0.3) is 0 Å². The van der Waals surface area contributed by atoms with Crippen LogP contribution in [0.15, 0.2) is 48.5 Å². The predicted molar refractivity (Wildman–Crippen MR) is 95.4 cm³/mol. The lowest BCUT2D eigenvalue weighted by molar-refractivity contribution is -0.141. The number of ketones is 1. The Morgan fingerprint density at radius 2 is 1.81 bits per heavy atom. The lowest BCUT2D eigenvalue weighted by Gasteiger charge is -2.07. The Labute approximate surface area is 151 Å². The summed E-state index contributed by atoms with van der Waals surface area (Å²) in [4.78, 5) is 35.3. The van der Waals surface area contributed by atoms with Gasteiger partial charge in [0, 0.05) is 17.7 Å². The fourth-order valence-electron chi connectivity index (χ4n) is 2.28. The first kappa shape index (κ1) is 19.3. The van der Waals surface area contributed by atoms with Crippen molar-refractivity contribution >= 4 is 23.3 Å². The number of carbonyl (C=O) groups is 3. The highest BCUT2D eigenvalue weighted by atomic mass is 19.1. The van der Waals surface area contributed by atoms with Crippen LogP contribution in [0.5, 0.6) is 0 Å². The summed E-state index contributed by atoms with van der Waals surface area (Å²) in [5.74, 6) is -1.48. The van der Waals surface area contributed by atoms with Crippen molar-refractivity contribution < 1.29 is 23.5 Å². The Bertz CT molecular complexity index is 787. The van der Waals surface area contributed by atoms with Gasteiger partial charge >= 0.3 is 5.97 Å². The zero-order valence-corrected chi connectivity index (χ0v) is 14.5. The molecule has 0 unspecified atom stereocenters. The number of benzene rings is 2. The number of hydrogen-bond donors (Lipinski definition) is 1. The standard InChI is InChI=1S/C20H20FNO4/c1-2-4-19(24)22-17-9-7-15(8-10-17)18(23)13-26-20(25)12-14-5-3-6-16(21)11-14/h3,5-11H,2,4,12-13H2,1H3,(H,22,24). The lowest BCUT2D eigenvalue weighted by atomic mass is 10.1. The molecule has 2 aromatic rings. The average molecular weight is 357 g/mol. The number of amides is 1. The van der Waals surface area contributed by atoms with Crippen LogP contribution in [0.1, 0.15) is 35.7 Å². The van der Waals surface area contributed by atoms with Gasteiger partial charge in [-0.3, -0.25) is 14.4 Å². The van der Waals surface area contributed by atoms with Gasteiger partial charge in [-0.15, -0.1) is 0 Å². The second kappa shape index (κ2) is 9.46. The third-order valence-corrected chi connectivity index (χ3v) is 3.57. The fourth-order valence-corrected chi connectivity index (χ4v) is 2.28. The summed E-state index contributed by atoms with van der Waals surface area (Å²) in [6.07, 6.45) is 1.08. The smallest absolute Gasteiger partial charge is 0.310 e. The first-order chi connectivity index (χ1) is 12.5. The molecule has 0 aliphatic carbocycles. The second-order valence-corrected chi connectivity index (χ2v) is 5.77. The molecule has 0 atom stereocenters. The van der Waals surface area contributed by atoms with Crippen molar-refractivity contribution in [2.45, 2.75) is 26.2 Å². The summed E-state index contributed by atoms with van der Waals surface area (Å²) in [6.45, 7) is 1.52. The molecule has 6 heteroatoms. The van der Waals surface area contributed by atoms with Crippen LogP contribution in [-0.2, 0) is 20.7 Å². The molecule has 0 heterocycles. The van der Waals surface area contributed by atoms with Crippen molar-refractivity contribution in [3.8, 4) is 0 Å². The molecule has 0 spiro atoms. The molecule has 0 aliphatic rings. The summed E-state index contributed by atoms with van der Waals surface area (Å²) in [5.41, 5.74) is 1.45. The van der Waals surface area contributed by atoms with Gasteiger partial charge in [-0.2, -0.15) is 0 Å². The van der Waals surface area contributed by atoms with E-state index in [1.807, 2.05) is 6.92 Å². The number of ether oxygens (including phenoxy) is 1. The molecule has 0 saturated carbocycles. The molecule has 2 rings (SSSR count). The molecular formula is C20H20FNO4. The van der Waals surface area contributed by atoms with E-state index in [0.717, 1.165) is 6.42 Å². The molecule has 0 fully saturated rings. The van der Waals surface area contributed by atoms with E-state index in [1.54, 1.807) is 30.3 Å². The van der Waals surface area contributed by atoms with E-state index in [1.165, 1.54) is 18.2 Å². The highest BCUT2D eigenvalue weighted by molar-refractivity contribution is 5.98. The number of halogens is 1. The van der Waals surface area contributed by atoms with Gasteiger partial charge in [-0.25, -0.2) is 4.39 Å². The van der Waals surface area contributed by atoms with Crippen molar-refractivity contribution in [2.24, 2.45) is 0 Å². The number of hydrogen-bond acceptors (Lipinski definition) is 4. The van der Waals surface area contributed by atoms with Crippen molar-refractivity contribution in [1.82, 2.24) is 0 Å². The number of anilines is 1. The lowest BCUT2D eigenvalue weighted by Crippen LogP contribution is -2.16. The van der Waals surface area contributed by atoms with Gasteiger partial charge < -0.3 is 10.1 Å². The Hall–Kier alpha value is -3.02. The molecule has 0 aliphatic heterocycles. The number of esters is 1. The first-order valence-electron chi connectivity index (χ1n) is 8.31. The quantitative estimate of drug-likeness (QED) is 0.579. The van der Waals surface area contributed by atoms with Crippen LogP contribution in [-0.4, -0.2) is 24.3 Å². The monoisotopic (exact) mass is 357 g/mol. The Kier molecular flexibility index (Phi) is 7.02. The Morgan fingerprint density at radius 1 is 1.08 bits per heavy atom. The topological polar surface area (TPSA) is 72.5 Å². The van der Waals surface area contributed by atoms with Gasteiger partial charge in [-0.05, 0) is 48.4 Å². The van der Waals surface area contributed by atoms with E-state index in [2.05, 4.69) is 5.32 Å². The number of rotatable bonds is 8. The number of Topliss-reactive ketones (excluding diaryl/α,β-unsaturated/α-hetero) is 1. The van der Waals surface area contributed by atoms with E-state index >= 15 is 0 Å². The zero-order valence-electron chi connectivity index (χ0n) is 14.5. The van der Waals surface area contributed by atoms with E-state index in [-0.39, 0.29) is 18.1 Å². The second-order valence-electron chi connectivity index (χ2n) is 5.77. The highest BCUT2D eigenvalue weighted by Gasteiger charge is 2.11. The molecule has 26 heavy (non-hydrogen) atoms. The van der Waals surface area contributed by atoms with E-state index in [9.17, 15) is 18.8 Å². The molecule has 0 radical (unpaired) electrons. The van der Waals surface area contributed by atoms with Crippen LogP contribution in [0.2, 0.25) is 0 Å². The maximum atomic E-state index is 13.1. The van der Waals surface area contributed by atoms with Gasteiger partial charge in [0.25, 0.3) is 0 Å². The van der Waals surface area contributed by atoms with Crippen LogP contribution < -0.4 is 5.32 Å². The molecular weight excluding hydrogens is 337 g/mol. The van der Waals surface area contributed by atoms with Crippen molar-refractivity contribution in [3.63, 3.8) is 0 Å². The van der Waals surface area contributed by atoms with Gasteiger partial charge in [0.15, 0.2) is 12.4 Å². The van der Waals surface area contributed by atoms with Crippen LogP contribution in [0.4, 0.5) is 10.1 Å². The fraction of sp³-hybridized carbons (Fsp3) is 0.250. The SMILES string of the molecule is CCCC(=O)Nc1ccc(C(=O)COC(=O)Cc2cccc(F)c2)cc1. The highest BCUT2D eigenvalue weighted by Crippen LogP contribution is 2.11. The maximum Gasteiger partial charge on any atom is 0.310 e. The molecule has 1 N–H and O–H groups in total. The minimum atomic E-state index is -0.604. The predicted octanol–water partition coefficient (Wildman–Crippen LogP) is 3.53. The van der Waals surface area contributed by atoms with Gasteiger partial charge in [0.1, 0.15) is 5.82 Å². The third kappa shape index (κ3) is 6.12. The number of nitrogens with one attached hydrogen (secondary N) is 1. The van der Waals surface area contributed by atoms with Crippen molar-refractivity contribution in [3.05, 3.63) is 65.5 Å². The van der Waals surface area contributed by atoms with Gasteiger partial charge in [-0.1, -0.05) is 19.1 Å². The molecule has 5 nitrogen and oxygen atoms in total. The van der Waals surface area contributed by atoms with Crippen molar-refractivity contribution in [1.29, 1.82) is 0 Å². The summed E-state index contributed by atoms with van der Waals surface area (Å²) in [6, 6.07) is 12.0. The molecule has 136 valence electrons. The first-order valence-corrected chi connectivity index (χ1v) is 8.31. The number of carbonyl (C=O) groups excluding carboxylic acids is 3. The van der Waals surface area contributed by atoms with Gasteiger partial charge in [0.05, 0.1) is 6.42 Å². The summed E-state index contributed by atoms with van der Waals surface area (Å²) in [5, 5.41) is 2.72. The van der Waals surface area contributed by atoms with Crippen LogP contribution in [0, 0.1) is 5.82 Å². The molecule has 0 bridgehead atoms. The minimum absolute atomic E-state index is 0.0853. The Morgan fingerprint density at radius 3 is 2.46 bits per heavy atom. The normalized spacial score (nSPS) is 10.2. The summed E-state index contributed by atoms with van der Waals surface area (Å²) in [7, 11) is 0. The average Bonchev–Trinajstić information content (AvgIpc) is 2.60. The molecule has 0 saturated heterocycles. The molecule has 1 amide bonds. The van der Waals surface area contributed by atoms with Crippen molar-refractivity contribution in [2.75, 3.05) is 11.9 Å². The molecule has 0 aromatic heterocycles. The van der Waals surface area contributed by atoms with Gasteiger partial charge in [0.2, 0.25) is 5.91 Å². The maximum absolute atomic E-state index is 13.1.